The Kier molecular flexibility index (Phi) is 805. The highest BCUT2D eigenvalue weighted by atomic mass is 27.0. The third-order valence-corrected chi connectivity index (χ3v) is 0. The van der Waals surface area contributed by atoms with Crippen molar-refractivity contribution in [2.75, 3.05) is 0 Å². The third-order valence-electron chi connectivity index (χ3n) is 0. The topological polar surface area (TPSA) is 31.5 Å². The van der Waals surface area contributed by atoms with Crippen LogP contribution in [0.1, 0.15) is 0 Å². The summed E-state index contributed by atoms with van der Waals surface area (Å²) in [5.74, 6) is 0. The highest BCUT2D eigenvalue weighted by Gasteiger charge is 0.188. The first-order valence-corrected chi connectivity index (χ1v) is 0. The van der Waals surface area contributed by atoms with E-state index in [0.29, 0.717) is 0 Å². The molecule has 0 amide bonds. The molecule has 2 N–H and O–H groups in total. The Morgan fingerprint density at radius 3 is 0.750 bits per heavy atom. The maximum Gasteiger partial charge on any atom is 0.187 e. The molecule has 0 atom stereocenters. The van der Waals surface area contributed by atoms with Gasteiger partial charge in [-0.15, -0.1) is 0 Å². The van der Waals surface area contributed by atoms with Crippen LogP contribution in [0.15, 0.2) is 0 Å². The molecular formula is H9Al2FO. The minimum absolute atomic E-state index is 0. The molecular weight excluding hydrogens is 89.0 g/mol. The van der Waals surface area contributed by atoms with Gasteiger partial charge in [-0.3, -0.25) is 4.70 Å². The largest absolute Gasteiger partial charge is 0.412 e. The second-order valence-electron chi connectivity index (χ2n) is 0. The van der Waals surface area contributed by atoms with Crippen LogP contribution < -0.4 is 0 Å². The van der Waals surface area contributed by atoms with Crippen LogP contribution in [0.4, 0.5) is 4.70 Å². The fourth-order valence-corrected chi connectivity index (χ4v) is 0. The lowest BCUT2D eigenvalue weighted by molar-refractivity contribution is 0.824. The molecule has 0 radical (unpaired) electrons. The SMILES string of the molecule is F.O.[AlH3].[AlH3]. The van der Waals surface area contributed by atoms with Gasteiger partial charge in [0.05, 0.1) is 0 Å². The van der Waals surface area contributed by atoms with Gasteiger partial charge in [0.25, 0.3) is 0 Å². The summed E-state index contributed by atoms with van der Waals surface area (Å²) in [6.45, 7) is 0. The lowest BCUT2D eigenvalue weighted by Gasteiger charge is -0.412. The molecule has 0 heterocycles. The molecule has 0 spiro atoms. The van der Waals surface area contributed by atoms with Crippen molar-refractivity contribution in [1.29, 1.82) is 0 Å². The zero-order valence-electron chi connectivity index (χ0n) is 0.908. The third kappa shape index (κ3) is 12.4. The molecule has 0 bridgehead atoms. The van der Waals surface area contributed by atoms with Crippen LogP contribution >= 0.6 is 0 Å². The van der Waals surface area contributed by atoms with E-state index < -0.39 is 0 Å². The summed E-state index contributed by atoms with van der Waals surface area (Å²) in [6.07, 6.45) is 0. The van der Waals surface area contributed by atoms with Crippen molar-refractivity contribution in [3.63, 3.8) is 0 Å². The Labute approximate surface area is 45.3 Å². The minimum atomic E-state index is 0. The Morgan fingerprint density at radius 1 is 0.750 bits per heavy atom. The molecule has 4 heteroatoms. The quantitative estimate of drug-likeness (QED) is 0.288. The van der Waals surface area contributed by atoms with Crippen LogP contribution in [-0.2, 0) is 0 Å². The summed E-state index contributed by atoms with van der Waals surface area (Å²) in [7, 11) is 0. The number of halogens is 1. The summed E-state index contributed by atoms with van der Waals surface area (Å²) in [5.41, 5.74) is 0. The van der Waals surface area contributed by atoms with Crippen LogP contribution in [0.2, 0.25) is 0 Å². The average Bonchev–Trinajstić information content (AvgIpc) is 0. The molecule has 1 nitrogen and oxygen atoms in total. The van der Waals surface area contributed by atoms with Crippen LogP contribution in [0.5, 0.6) is 0 Å². The van der Waals surface area contributed by atoms with E-state index in [1.54, 1.807) is 0 Å². The van der Waals surface area contributed by atoms with E-state index in [9.17, 15) is 0 Å². The predicted molar refractivity (Wildman–Crippen MR) is 26.0 cm³/mol. The standard InChI is InChI=1S/2Al.FH.H2O.6H/h;;1H;1H2;;;;;;. The first kappa shape index (κ1) is 85.0. The van der Waals surface area contributed by atoms with Gasteiger partial charge >= 0.3 is 0 Å². The maximum atomic E-state index is 0. The highest BCUT2D eigenvalue weighted by molar-refractivity contribution is 5.76. The Bertz CT molecular complexity index is 6.00. The van der Waals surface area contributed by atoms with Gasteiger partial charge in [-0.1, -0.05) is 0 Å². The van der Waals surface area contributed by atoms with Gasteiger partial charge in [-0.2, -0.15) is 0 Å². The highest BCUT2D eigenvalue weighted by Crippen LogP contribution is 0.420. The minimum Gasteiger partial charge on any atom is -0.412 e. The van der Waals surface area contributed by atoms with Crippen molar-refractivity contribution < 1.29 is 10.2 Å². The predicted octanol–water partition coefficient (Wildman–Crippen LogP) is -3.04. The first-order valence-electron chi connectivity index (χ1n) is 0. The number of rotatable bonds is 0. The molecule has 0 unspecified atom stereocenters. The second-order valence-corrected chi connectivity index (χ2v) is 0. The van der Waals surface area contributed by atoms with Crippen molar-refractivity contribution in [3.05, 3.63) is 0 Å². The molecule has 0 saturated carbocycles. The fraction of sp³-hybridized carbons (Fsp3) is 0. The van der Waals surface area contributed by atoms with Crippen LogP contribution in [-0.4, -0.2) is 40.2 Å². The first-order chi connectivity index (χ1) is 0. The molecule has 0 aromatic carbocycles. The summed E-state index contributed by atoms with van der Waals surface area (Å²) >= 11 is 0. The molecule has 0 saturated heterocycles. The Balaban J connectivity index is 0. The monoisotopic (exact) mass is 98.0 g/mol. The fourth-order valence-electron chi connectivity index (χ4n) is 0. The van der Waals surface area contributed by atoms with Gasteiger partial charge in [-0.05, 0) is 0 Å². The van der Waals surface area contributed by atoms with Gasteiger partial charge < -0.3 is 5.48 Å². The summed E-state index contributed by atoms with van der Waals surface area (Å²) in [6, 6.07) is 0. The maximum absolute atomic E-state index is 0. The van der Waals surface area contributed by atoms with E-state index in [1.165, 1.54) is 0 Å². The van der Waals surface area contributed by atoms with Gasteiger partial charge in [0, 0.05) is 0 Å². The van der Waals surface area contributed by atoms with Crippen molar-refractivity contribution in [3.8, 4) is 0 Å². The molecule has 0 aromatic heterocycles. The van der Waals surface area contributed by atoms with Crippen molar-refractivity contribution in [2.45, 2.75) is 0 Å². The number of hydrogen-bond donors (Lipinski definition) is 0. The molecule has 0 aliphatic carbocycles. The Morgan fingerprint density at radius 2 is 0.750 bits per heavy atom. The van der Waals surface area contributed by atoms with Gasteiger partial charge in [0.1, 0.15) is 0 Å². The zero-order chi connectivity index (χ0) is 0. The summed E-state index contributed by atoms with van der Waals surface area (Å²) in [5, 5.41) is 0. The van der Waals surface area contributed by atoms with E-state index in [0.717, 1.165) is 0 Å². The van der Waals surface area contributed by atoms with Crippen LogP contribution in [0, 0.1) is 0 Å². The van der Waals surface area contributed by atoms with Crippen LogP contribution in [0.3, 0.4) is 0 Å². The normalized spacial score (nSPS) is 0. The van der Waals surface area contributed by atoms with Gasteiger partial charge in [0.15, 0.2) is 34.7 Å². The molecule has 0 aliphatic heterocycles. The lowest BCUT2D eigenvalue weighted by atomic mass is 16.0. The van der Waals surface area contributed by atoms with Crippen molar-refractivity contribution in [2.24, 2.45) is 0 Å². The molecule has 0 aromatic rings. The molecule has 4 heavy (non-hydrogen) atoms. The molecule has 0 rings (SSSR count). The summed E-state index contributed by atoms with van der Waals surface area (Å²) < 4.78 is 0. The van der Waals surface area contributed by atoms with Crippen molar-refractivity contribution in [1.82, 2.24) is 0 Å². The molecule has 28 valence electrons. The van der Waals surface area contributed by atoms with Gasteiger partial charge in [-0.25, -0.2) is 0 Å². The van der Waals surface area contributed by atoms with E-state index >= 15 is 0 Å². The van der Waals surface area contributed by atoms with Crippen LogP contribution in [0.25, 0.3) is 0 Å². The smallest absolute Gasteiger partial charge is 0.187 e. The zero-order valence-corrected chi connectivity index (χ0v) is 0.908. The van der Waals surface area contributed by atoms with E-state index in [1.807, 2.05) is 0 Å². The average molecular weight is 98.0 g/mol. The van der Waals surface area contributed by atoms with E-state index in [4.69, 9.17) is 0 Å². The Hall–Kier alpha value is 0.955. The van der Waals surface area contributed by atoms with E-state index in [-0.39, 0.29) is 44.9 Å². The number of hydrogen-bond acceptors (Lipinski definition) is 0. The second kappa shape index (κ2) is 37.9. The molecule has 0 aliphatic rings. The lowest BCUT2D eigenvalue weighted by Crippen LogP contribution is -0.382. The van der Waals surface area contributed by atoms with E-state index in [2.05, 4.69) is 0 Å². The molecule has 0 fully saturated rings. The summed E-state index contributed by atoms with van der Waals surface area (Å²) in [4.78, 5) is 0. The van der Waals surface area contributed by atoms with Crippen molar-refractivity contribution >= 4 is 34.7 Å². The van der Waals surface area contributed by atoms with Gasteiger partial charge in [0.2, 0.25) is 0 Å².